The fourth-order valence-corrected chi connectivity index (χ4v) is 8.55. The standard InChI is InChI=1S/C29H29N4OP/c30-20-11-21-33-29(31-22-23-12-4-1-5-13-23)28-26(32-33)18-10-19-27(28)35(34,24-14-6-2-7-15-24)25-16-8-3-9-17-25/h1-9,12-17,27,31H,10-11,18-19,21-22H2. The average molecular weight is 481 g/mol. The highest BCUT2D eigenvalue weighted by Crippen LogP contribution is 2.62. The van der Waals surface area contributed by atoms with Gasteiger partial charge in [0.2, 0.25) is 0 Å². The van der Waals surface area contributed by atoms with E-state index in [0.29, 0.717) is 19.5 Å². The van der Waals surface area contributed by atoms with Gasteiger partial charge in [0.15, 0.2) is 7.14 Å². The molecule has 1 aliphatic carbocycles. The van der Waals surface area contributed by atoms with Gasteiger partial charge in [-0.05, 0) is 24.8 Å². The normalized spacial score (nSPS) is 15.2. The molecule has 0 bridgehead atoms. The fourth-order valence-electron chi connectivity index (χ4n) is 5.12. The number of aromatic nitrogens is 2. The number of fused-ring (bicyclic) bond motifs is 1. The van der Waals surface area contributed by atoms with Gasteiger partial charge in [0, 0.05) is 22.7 Å². The molecule has 1 heterocycles. The molecular formula is C29H29N4OP. The molecule has 1 unspecified atom stereocenters. The number of anilines is 1. The molecule has 0 spiro atoms. The van der Waals surface area contributed by atoms with E-state index in [1.807, 2.05) is 83.5 Å². The highest BCUT2D eigenvalue weighted by atomic mass is 31.2. The van der Waals surface area contributed by atoms with Gasteiger partial charge < -0.3 is 9.88 Å². The molecule has 0 saturated carbocycles. The lowest BCUT2D eigenvalue weighted by atomic mass is 9.96. The molecule has 5 nitrogen and oxygen atoms in total. The van der Waals surface area contributed by atoms with Gasteiger partial charge in [-0.3, -0.25) is 0 Å². The van der Waals surface area contributed by atoms with Crippen LogP contribution in [0, 0.1) is 11.3 Å². The van der Waals surface area contributed by atoms with Gasteiger partial charge in [0.25, 0.3) is 0 Å². The number of hydrogen-bond acceptors (Lipinski definition) is 4. The van der Waals surface area contributed by atoms with Crippen LogP contribution in [0.15, 0.2) is 91.0 Å². The van der Waals surface area contributed by atoms with E-state index in [9.17, 15) is 5.26 Å². The second-order valence-corrected chi connectivity index (χ2v) is 11.9. The van der Waals surface area contributed by atoms with Gasteiger partial charge in [0.05, 0.1) is 30.4 Å². The van der Waals surface area contributed by atoms with Crippen molar-refractivity contribution in [3.05, 3.63) is 108 Å². The highest BCUT2D eigenvalue weighted by molar-refractivity contribution is 7.79. The van der Waals surface area contributed by atoms with Crippen molar-refractivity contribution in [3.8, 4) is 6.07 Å². The lowest BCUT2D eigenvalue weighted by Gasteiger charge is -2.32. The maximum Gasteiger partial charge on any atom is 0.150 e. The van der Waals surface area contributed by atoms with E-state index in [2.05, 4.69) is 23.5 Å². The van der Waals surface area contributed by atoms with Crippen LogP contribution in [0.2, 0.25) is 0 Å². The second kappa shape index (κ2) is 10.3. The molecule has 1 aromatic heterocycles. The summed E-state index contributed by atoms with van der Waals surface area (Å²) in [7, 11) is -3.03. The minimum atomic E-state index is -3.03. The number of aryl methyl sites for hydroxylation is 2. The lowest BCUT2D eigenvalue weighted by molar-refractivity contribution is 0.561. The van der Waals surface area contributed by atoms with Crippen LogP contribution in [-0.4, -0.2) is 9.78 Å². The quantitative estimate of drug-likeness (QED) is 0.324. The maximum atomic E-state index is 15.3. The molecule has 4 aromatic rings. The zero-order valence-corrected chi connectivity index (χ0v) is 20.6. The molecule has 0 radical (unpaired) electrons. The van der Waals surface area contributed by atoms with Crippen molar-refractivity contribution in [1.29, 1.82) is 5.26 Å². The Morgan fingerprint density at radius 3 is 2.14 bits per heavy atom. The summed E-state index contributed by atoms with van der Waals surface area (Å²) in [6.45, 7) is 1.15. The smallest absolute Gasteiger partial charge is 0.150 e. The number of nitriles is 1. The Morgan fingerprint density at radius 1 is 0.943 bits per heavy atom. The average Bonchev–Trinajstić information content (AvgIpc) is 3.29. The topological polar surface area (TPSA) is 70.7 Å². The van der Waals surface area contributed by atoms with E-state index >= 15 is 4.57 Å². The lowest BCUT2D eigenvalue weighted by Crippen LogP contribution is -2.24. The van der Waals surface area contributed by atoms with Crippen LogP contribution >= 0.6 is 7.14 Å². The van der Waals surface area contributed by atoms with Crippen molar-refractivity contribution in [2.75, 3.05) is 5.32 Å². The number of hydrogen-bond donors (Lipinski definition) is 1. The predicted octanol–water partition coefficient (Wildman–Crippen LogP) is 5.80. The first-order chi connectivity index (χ1) is 17.2. The largest absolute Gasteiger partial charge is 0.366 e. The zero-order valence-electron chi connectivity index (χ0n) is 19.7. The SMILES string of the molecule is N#CCCn1nc2c(c1NCc1ccccc1)C(P(=O)(c1ccccc1)c1ccccc1)CCC2. The van der Waals surface area contributed by atoms with Gasteiger partial charge in [-0.2, -0.15) is 10.4 Å². The van der Waals surface area contributed by atoms with Crippen molar-refractivity contribution in [2.45, 2.75) is 44.4 Å². The third-order valence-electron chi connectivity index (χ3n) is 6.75. The van der Waals surface area contributed by atoms with Gasteiger partial charge >= 0.3 is 0 Å². The summed E-state index contributed by atoms with van der Waals surface area (Å²) >= 11 is 0. The Hall–Kier alpha value is -3.61. The molecule has 0 saturated heterocycles. The predicted molar refractivity (Wildman–Crippen MR) is 142 cm³/mol. The summed E-state index contributed by atoms with van der Waals surface area (Å²) in [5.41, 5.74) is 3.05. The fraction of sp³-hybridized carbons (Fsp3) is 0.241. The third-order valence-corrected chi connectivity index (χ3v) is 10.3. The minimum absolute atomic E-state index is 0.176. The second-order valence-electron chi connectivity index (χ2n) is 8.92. The summed E-state index contributed by atoms with van der Waals surface area (Å²) in [6.07, 6.45) is 3.00. The van der Waals surface area contributed by atoms with Crippen molar-refractivity contribution in [1.82, 2.24) is 9.78 Å². The van der Waals surface area contributed by atoms with Crippen LogP contribution in [-0.2, 0) is 24.1 Å². The molecular weight excluding hydrogens is 451 g/mol. The van der Waals surface area contributed by atoms with Gasteiger partial charge in [-0.1, -0.05) is 91.0 Å². The molecule has 5 rings (SSSR count). The molecule has 35 heavy (non-hydrogen) atoms. The van der Waals surface area contributed by atoms with E-state index in [4.69, 9.17) is 5.10 Å². The number of rotatable bonds is 8. The van der Waals surface area contributed by atoms with Crippen molar-refractivity contribution < 1.29 is 4.57 Å². The molecule has 176 valence electrons. The van der Waals surface area contributed by atoms with E-state index in [1.165, 1.54) is 0 Å². The Balaban J connectivity index is 1.65. The van der Waals surface area contributed by atoms with Gasteiger partial charge in [-0.25, -0.2) is 4.68 Å². The summed E-state index contributed by atoms with van der Waals surface area (Å²) in [5, 5.41) is 19.6. The van der Waals surface area contributed by atoms with Crippen LogP contribution in [0.1, 0.15) is 41.7 Å². The third kappa shape index (κ3) is 4.55. The van der Waals surface area contributed by atoms with E-state index in [-0.39, 0.29) is 5.66 Å². The summed E-state index contributed by atoms with van der Waals surface area (Å²) in [4.78, 5) is 0. The molecule has 0 amide bonds. The Kier molecular flexibility index (Phi) is 6.84. The Bertz CT molecular complexity index is 1320. The zero-order chi connectivity index (χ0) is 24.1. The molecule has 1 aliphatic rings. The first-order valence-corrected chi connectivity index (χ1v) is 13.9. The van der Waals surface area contributed by atoms with Crippen LogP contribution < -0.4 is 15.9 Å². The van der Waals surface area contributed by atoms with Crippen LogP contribution in [0.3, 0.4) is 0 Å². The van der Waals surface area contributed by atoms with Crippen molar-refractivity contribution in [3.63, 3.8) is 0 Å². The molecule has 3 aromatic carbocycles. The van der Waals surface area contributed by atoms with Crippen molar-refractivity contribution >= 4 is 23.6 Å². The number of nitrogens with one attached hydrogen (secondary N) is 1. The Morgan fingerprint density at radius 2 is 1.54 bits per heavy atom. The van der Waals surface area contributed by atoms with Crippen LogP contribution in [0.4, 0.5) is 5.82 Å². The molecule has 0 aliphatic heterocycles. The van der Waals surface area contributed by atoms with Crippen LogP contribution in [0.5, 0.6) is 0 Å². The van der Waals surface area contributed by atoms with E-state index in [1.54, 1.807) is 0 Å². The van der Waals surface area contributed by atoms with Gasteiger partial charge in [-0.15, -0.1) is 0 Å². The Labute approximate surface area is 206 Å². The highest BCUT2D eigenvalue weighted by Gasteiger charge is 2.43. The van der Waals surface area contributed by atoms with Crippen LogP contribution in [0.25, 0.3) is 0 Å². The maximum absolute atomic E-state index is 15.3. The molecule has 1 N–H and O–H groups in total. The van der Waals surface area contributed by atoms with Gasteiger partial charge in [0.1, 0.15) is 5.82 Å². The molecule has 0 fully saturated rings. The first kappa shape index (κ1) is 23.1. The number of nitrogens with zero attached hydrogens (tertiary/aromatic N) is 3. The minimum Gasteiger partial charge on any atom is -0.366 e. The van der Waals surface area contributed by atoms with E-state index < -0.39 is 7.14 Å². The van der Waals surface area contributed by atoms with E-state index in [0.717, 1.165) is 52.5 Å². The number of benzene rings is 3. The molecule has 6 heteroatoms. The summed E-state index contributed by atoms with van der Waals surface area (Å²) in [5.74, 6) is 0.899. The first-order valence-electron chi connectivity index (χ1n) is 12.2. The molecule has 1 atom stereocenters. The summed E-state index contributed by atoms with van der Waals surface area (Å²) < 4.78 is 17.2. The monoisotopic (exact) mass is 480 g/mol. The summed E-state index contributed by atoms with van der Waals surface area (Å²) in [6, 6.07) is 32.3. The van der Waals surface area contributed by atoms with Crippen molar-refractivity contribution in [2.24, 2.45) is 0 Å².